The number of aromatic nitrogens is 2. The lowest BCUT2D eigenvalue weighted by Gasteiger charge is -2.32. The Morgan fingerprint density at radius 2 is 1.57 bits per heavy atom. The largest absolute Gasteiger partial charge is 0.298 e. The van der Waals surface area contributed by atoms with Crippen LogP contribution in [0.25, 0.3) is 0 Å². The summed E-state index contributed by atoms with van der Waals surface area (Å²) >= 11 is 0. The fourth-order valence-electron chi connectivity index (χ4n) is 4.19. The third-order valence-corrected chi connectivity index (χ3v) is 5.54. The van der Waals surface area contributed by atoms with Crippen molar-refractivity contribution in [2.24, 2.45) is 0 Å². The second-order valence-corrected chi connectivity index (χ2v) is 7.60. The Hall–Kier alpha value is -2.44. The smallest absolute Gasteiger partial charge is 0.151 e. The van der Waals surface area contributed by atoms with Gasteiger partial charge < -0.3 is 0 Å². The number of pyridine rings is 2. The van der Waals surface area contributed by atoms with Gasteiger partial charge in [0.15, 0.2) is 11.6 Å². The highest BCUT2D eigenvalue weighted by Crippen LogP contribution is 2.28. The van der Waals surface area contributed by atoms with Crippen LogP contribution in [-0.4, -0.2) is 58.5 Å². The summed E-state index contributed by atoms with van der Waals surface area (Å²) in [6.07, 6.45) is 7.35. The van der Waals surface area contributed by atoms with Crippen molar-refractivity contribution in [2.75, 3.05) is 27.2 Å². The maximum Gasteiger partial charge on any atom is 0.151 e. The number of rotatable bonds is 2. The van der Waals surface area contributed by atoms with Gasteiger partial charge >= 0.3 is 0 Å². The molecule has 0 aliphatic carbocycles. The zero-order chi connectivity index (χ0) is 20.3. The molecule has 148 valence electrons. The van der Waals surface area contributed by atoms with Crippen molar-refractivity contribution in [1.29, 1.82) is 0 Å². The van der Waals surface area contributed by atoms with E-state index in [2.05, 4.69) is 19.8 Å². The highest BCUT2D eigenvalue weighted by molar-refractivity contribution is 5.84. The molecule has 0 radical (unpaired) electrons. The van der Waals surface area contributed by atoms with Crippen LogP contribution in [-0.2, 0) is 22.4 Å². The number of hydrogen-bond acceptors (Lipinski definition) is 6. The Labute approximate surface area is 166 Å². The average Bonchev–Trinajstić information content (AvgIpc) is 2.67. The Morgan fingerprint density at radius 1 is 0.929 bits per heavy atom. The van der Waals surface area contributed by atoms with Gasteiger partial charge in [0, 0.05) is 43.8 Å². The molecule has 2 aromatic heterocycles. The lowest BCUT2D eigenvalue weighted by molar-refractivity contribution is -0.123. The van der Waals surface area contributed by atoms with Crippen molar-refractivity contribution in [3.63, 3.8) is 0 Å². The van der Waals surface area contributed by atoms with Crippen LogP contribution >= 0.6 is 0 Å². The van der Waals surface area contributed by atoms with E-state index in [1.165, 1.54) is 5.56 Å². The molecule has 6 heteroatoms. The van der Waals surface area contributed by atoms with Crippen molar-refractivity contribution in [2.45, 2.75) is 38.8 Å². The van der Waals surface area contributed by atoms with Gasteiger partial charge in [-0.25, -0.2) is 0 Å². The molecule has 2 unspecified atom stereocenters. The lowest BCUT2D eigenvalue weighted by atomic mass is 9.93. The van der Waals surface area contributed by atoms with E-state index >= 15 is 0 Å². The summed E-state index contributed by atoms with van der Waals surface area (Å²) in [5, 5.41) is 0. The van der Waals surface area contributed by atoms with Crippen LogP contribution in [0.15, 0.2) is 36.8 Å². The zero-order valence-corrected chi connectivity index (χ0v) is 17.1. The highest BCUT2D eigenvalue weighted by Gasteiger charge is 2.29. The molecule has 0 saturated carbocycles. The summed E-state index contributed by atoms with van der Waals surface area (Å²) in [6, 6.07) is 5.70. The van der Waals surface area contributed by atoms with E-state index in [0.717, 1.165) is 42.8 Å². The van der Waals surface area contributed by atoms with Gasteiger partial charge in [-0.15, -0.1) is 0 Å². The Bertz CT molecular complexity index is 796. The molecule has 2 atom stereocenters. The molecule has 0 saturated heterocycles. The minimum atomic E-state index is -0.0903. The van der Waals surface area contributed by atoms with E-state index in [0.29, 0.717) is 0 Å². The van der Waals surface area contributed by atoms with Crippen molar-refractivity contribution in [3.05, 3.63) is 59.2 Å². The number of ketones is 2. The summed E-state index contributed by atoms with van der Waals surface area (Å²) < 4.78 is 0. The van der Waals surface area contributed by atoms with Crippen LogP contribution in [0.4, 0.5) is 0 Å². The normalized spacial score (nSPS) is 21.7. The Morgan fingerprint density at radius 3 is 2.25 bits per heavy atom. The van der Waals surface area contributed by atoms with Crippen LogP contribution in [0.2, 0.25) is 0 Å². The number of Topliss-reactive ketones (excluding diaryl/α,β-unsaturated/α-hetero) is 2. The molecule has 2 aromatic rings. The van der Waals surface area contributed by atoms with E-state index in [-0.39, 0.29) is 23.7 Å². The first kappa shape index (κ1) is 20.3. The van der Waals surface area contributed by atoms with Crippen LogP contribution in [0.3, 0.4) is 0 Å². The topological polar surface area (TPSA) is 66.4 Å². The van der Waals surface area contributed by atoms with E-state index in [1.54, 1.807) is 26.2 Å². The minimum Gasteiger partial charge on any atom is -0.298 e. The number of carbonyl (C=O) groups excluding carboxylic acids is 2. The molecular formula is C22H28N4O2. The lowest BCUT2D eigenvalue weighted by Crippen LogP contribution is -2.36. The van der Waals surface area contributed by atoms with E-state index in [4.69, 9.17) is 0 Å². The molecule has 0 N–H and O–H groups in total. The predicted molar refractivity (Wildman–Crippen MR) is 108 cm³/mol. The fraction of sp³-hybridized carbons (Fsp3) is 0.455. The first-order valence-corrected chi connectivity index (χ1v) is 9.68. The van der Waals surface area contributed by atoms with E-state index in [1.807, 2.05) is 38.5 Å². The zero-order valence-electron chi connectivity index (χ0n) is 17.1. The van der Waals surface area contributed by atoms with Gasteiger partial charge in [-0.3, -0.25) is 29.4 Å². The second kappa shape index (κ2) is 8.71. The van der Waals surface area contributed by atoms with Gasteiger partial charge in [0.2, 0.25) is 0 Å². The van der Waals surface area contributed by atoms with Gasteiger partial charge in [0.05, 0.1) is 12.1 Å². The summed E-state index contributed by atoms with van der Waals surface area (Å²) in [6.45, 7) is 5.14. The number of hydrogen-bond donors (Lipinski definition) is 0. The van der Waals surface area contributed by atoms with Crippen molar-refractivity contribution in [1.82, 2.24) is 19.8 Å². The number of fused-ring (bicyclic) bond motifs is 2. The van der Waals surface area contributed by atoms with Gasteiger partial charge in [-0.1, -0.05) is 6.07 Å². The average molecular weight is 380 g/mol. The van der Waals surface area contributed by atoms with Crippen LogP contribution in [0.5, 0.6) is 0 Å². The van der Waals surface area contributed by atoms with E-state index < -0.39 is 0 Å². The molecule has 0 spiro atoms. The Kier molecular flexibility index (Phi) is 6.31. The summed E-state index contributed by atoms with van der Waals surface area (Å²) in [5.74, 6) is 0.404. The molecule has 6 nitrogen and oxygen atoms in total. The molecule has 2 aliphatic heterocycles. The minimum absolute atomic E-state index is 0.0678. The standard InChI is InChI=1S/2C11H14N2O/c1-8(14)11-10-3-5-12-7-9(10)4-6-13(11)2;1-8(14)11-9-4-3-6-12-10(9)5-7-13(11)2/h3,5,7,11H,4,6H2,1-2H3;3-4,6,11H,5,7H2,1-2H3. The molecule has 28 heavy (non-hydrogen) atoms. The molecule has 0 fully saturated rings. The van der Waals surface area contributed by atoms with Crippen molar-refractivity contribution >= 4 is 11.6 Å². The van der Waals surface area contributed by atoms with Crippen molar-refractivity contribution < 1.29 is 9.59 Å². The third-order valence-electron chi connectivity index (χ3n) is 5.54. The quantitative estimate of drug-likeness (QED) is 0.797. The second-order valence-electron chi connectivity index (χ2n) is 7.60. The van der Waals surface area contributed by atoms with Gasteiger partial charge in [0.25, 0.3) is 0 Å². The highest BCUT2D eigenvalue weighted by atomic mass is 16.1. The van der Waals surface area contributed by atoms with Crippen LogP contribution < -0.4 is 0 Å². The summed E-state index contributed by atoms with van der Waals surface area (Å²) in [5.41, 5.74) is 4.49. The van der Waals surface area contributed by atoms with Crippen LogP contribution in [0.1, 0.15) is 48.3 Å². The maximum absolute atomic E-state index is 11.5. The van der Waals surface area contributed by atoms with Crippen LogP contribution in [0, 0.1) is 0 Å². The fourth-order valence-corrected chi connectivity index (χ4v) is 4.19. The monoisotopic (exact) mass is 380 g/mol. The van der Waals surface area contributed by atoms with Gasteiger partial charge in [0.1, 0.15) is 0 Å². The maximum atomic E-state index is 11.5. The molecule has 4 heterocycles. The summed E-state index contributed by atoms with van der Waals surface area (Å²) in [7, 11) is 3.98. The van der Waals surface area contributed by atoms with E-state index in [9.17, 15) is 9.59 Å². The molecule has 0 amide bonds. The number of nitrogens with zero attached hydrogens (tertiary/aromatic N) is 4. The number of likely N-dealkylation sites (N-methyl/N-ethyl adjacent to an activating group) is 2. The number of carbonyl (C=O) groups is 2. The van der Waals surface area contributed by atoms with Gasteiger partial charge in [-0.05, 0) is 63.2 Å². The first-order chi connectivity index (χ1) is 13.4. The van der Waals surface area contributed by atoms with Gasteiger partial charge in [-0.2, -0.15) is 0 Å². The Balaban J connectivity index is 0.000000161. The third kappa shape index (κ3) is 4.18. The molecular weight excluding hydrogens is 352 g/mol. The molecule has 0 aromatic carbocycles. The summed E-state index contributed by atoms with van der Waals surface area (Å²) in [4.78, 5) is 35.6. The first-order valence-electron chi connectivity index (χ1n) is 9.68. The van der Waals surface area contributed by atoms with Crippen molar-refractivity contribution in [3.8, 4) is 0 Å². The predicted octanol–water partition coefficient (Wildman–Crippen LogP) is 2.40. The SMILES string of the molecule is CC(=O)C1c2cccnc2CCN1C.CC(=O)C1c2ccncc2CCN1C. The molecule has 0 bridgehead atoms. The molecule has 4 rings (SSSR count). The molecule has 2 aliphatic rings.